The van der Waals surface area contributed by atoms with Gasteiger partial charge in [-0.3, -0.25) is 4.90 Å². The molecule has 78 valence electrons. The van der Waals surface area contributed by atoms with Gasteiger partial charge in [-0.1, -0.05) is 0 Å². The van der Waals surface area contributed by atoms with Gasteiger partial charge in [-0.2, -0.15) is 0 Å². The Labute approximate surface area is 83.0 Å². The average molecular weight is 216 g/mol. The summed E-state index contributed by atoms with van der Waals surface area (Å²) in [6.45, 7) is 3.70. The Balaban J connectivity index is 1.96. The van der Waals surface area contributed by atoms with Crippen LogP contribution in [0, 0.1) is 0 Å². The molecule has 0 N–H and O–H groups in total. The Bertz CT molecular complexity index is 366. The maximum absolute atomic E-state index is 11.0. The van der Waals surface area contributed by atoms with Crippen molar-refractivity contribution in [3.05, 3.63) is 11.1 Å². The highest BCUT2D eigenvalue weighted by Gasteiger charge is 2.17. The molecule has 0 unspecified atom stereocenters. The second-order valence-corrected chi connectivity index (χ2v) is 4.95. The topological polar surface area (TPSA) is 59.0 Å². The zero-order valence-corrected chi connectivity index (χ0v) is 8.53. The zero-order valence-electron chi connectivity index (χ0n) is 7.72. The maximum atomic E-state index is 11.0. The van der Waals surface area contributed by atoms with E-state index in [9.17, 15) is 8.42 Å². The predicted molar refractivity (Wildman–Crippen MR) is 52.8 cm³/mol. The van der Waals surface area contributed by atoms with Crippen LogP contribution in [-0.4, -0.2) is 51.7 Å². The molecule has 5 nitrogen and oxygen atoms in total. The molecule has 0 atom stereocenters. The first-order valence-corrected chi connectivity index (χ1v) is 6.06. The molecule has 0 aliphatic carbocycles. The summed E-state index contributed by atoms with van der Waals surface area (Å²) in [5, 5.41) is 1.22. The van der Waals surface area contributed by atoms with Crippen LogP contribution in [0.4, 0.5) is 0 Å². The van der Waals surface area contributed by atoms with Gasteiger partial charge in [0.25, 0.3) is 0 Å². The third-order valence-corrected chi connectivity index (χ3v) is 3.15. The van der Waals surface area contributed by atoms with Crippen LogP contribution in [0.25, 0.3) is 0 Å². The minimum atomic E-state index is -3.16. The lowest BCUT2D eigenvalue weighted by atomic mass is 10.4. The maximum Gasteiger partial charge on any atom is 0.211 e. The van der Waals surface area contributed by atoms with Crippen molar-refractivity contribution in [2.45, 2.75) is 0 Å². The second kappa shape index (κ2) is 3.80. The molecule has 0 aromatic heterocycles. The van der Waals surface area contributed by atoms with Crippen LogP contribution >= 0.6 is 0 Å². The minimum absolute atomic E-state index is 0.596. The van der Waals surface area contributed by atoms with Crippen LogP contribution < -0.4 is 0 Å². The summed E-state index contributed by atoms with van der Waals surface area (Å²) >= 11 is 0. The van der Waals surface area contributed by atoms with Crippen LogP contribution in [0.15, 0.2) is 16.1 Å². The molecule has 0 radical (unpaired) electrons. The van der Waals surface area contributed by atoms with E-state index < -0.39 is 9.84 Å². The molecule has 0 bridgehead atoms. The summed E-state index contributed by atoms with van der Waals surface area (Å²) in [5.41, 5.74) is 1.62. The van der Waals surface area contributed by atoms with Crippen molar-refractivity contribution in [1.29, 1.82) is 0 Å². The predicted octanol–water partition coefficient (Wildman–Crippen LogP) is -0.383. The second-order valence-electron chi connectivity index (χ2n) is 3.32. The summed E-state index contributed by atoms with van der Waals surface area (Å²) in [6.07, 6.45) is 0. The van der Waals surface area contributed by atoms with Crippen LogP contribution in [0.3, 0.4) is 0 Å². The number of aliphatic imine (C=N–C) groups is 1. The fraction of sp³-hybridized carbons (Fsp3) is 0.625. The Morgan fingerprint density at radius 3 is 2.71 bits per heavy atom. The molecule has 14 heavy (non-hydrogen) atoms. The first kappa shape index (κ1) is 9.82. The molecule has 2 heterocycles. The Morgan fingerprint density at radius 2 is 2.14 bits per heavy atom. The van der Waals surface area contributed by atoms with E-state index >= 15 is 0 Å². The molecule has 0 aromatic rings. The number of rotatable bonds is 2. The molecular weight excluding hydrogens is 204 g/mol. The van der Waals surface area contributed by atoms with E-state index in [2.05, 4.69) is 9.89 Å². The van der Waals surface area contributed by atoms with Crippen molar-refractivity contribution < 1.29 is 13.2 Å². The van der Waals surface area contributed by atoms with E-state index in [1.54, 1.807) is 0 Å². The van der Waals surface area contributed by atoms with Gasteiger partial charge in [0.05, 0.1) is 24.3 Å². The van der Waals surface area contributed by atoms with Gasteiger partial charge in [0.1, 0.15) is 5.55 Å². The van der Waals surface area contributed by atoms with Gasteiger partial charge in [-0.05, 0) is 0 Å². The van der Waals surface area contributed by atoms with Gasteiger partial charge in [0, 0.05) is 19.6 Å². The highest BCUT2D eigenvalue weighted by Crippen LogP contribution is 2.11. The van der Waals surface area contributed by atoms with Gasteiger partial charge < -0.3 is 4.74 Å². The van der Waals surface area contributed by atoms with Gasteiger partial charge in [-0.15, -0.1) is 0 Å². The van der Waals surface area contributed by atoms with Crippen molar-refractivity contribution in [2.75, 3.05) is 32.8 Å². The van der Waals surface area contributed by atoms with Gasteiger partial charge in [0.15, 0.2) is 0 Å². The summed E-state index contributed by atoms with van der Waals surface area (Å²) in [4.78, 5) is 5.98. The van der Waals surface area contributed by atoms with Crippen molar-refractivity contribution in [1.82, 2.24) is 4.90 Å². The lowest BCUT2D eigenvalue weighted by Gasteiger charge is -2.25. The lowest BCUT2D eigenvalue weighted by Crippen LogP contribution is -2.37. The number of hydrogen-bond donors (Lipinski definition) is 0. The zero-order chi connectivity index (χ0) is 10.0. The molecule has 0 amide bonds. The highest BCUT2D eigenvalue weighted by molar-refractivity contribution is 8.07. The molecule has 0 saturated carbocycles. The van der Waals surface area contributed by atoms with Crippen LogP contribution in [-0.2, 0) is 14.6 Å². The van der Waals surface area contributed by atoms with E-state index in [1.165, 1.54) is 5.41 Å². The third-order valence-electron chi connectivity index (χ3n) is 2.16. The number of ether oxygens (including phenoxy) is 1. The SMILES string of the molecule is O=S1(=O)C=NC(CN2CCOCC2)=C1. The number of morpholine rings is 1. The van der Waals surface area contributed by atoms with E-state index in [0.717, 1.165) is 18.6 Å². The lowest BCUT2D eigenvalue weighted by molar-refractivity contribution is 0.0422. The number of nitrogens with zero attached hydrogens (tertiary/aromatic N) is 2. The average Bonchev–Trinajstić information content (AvgIpc) is 2.47. The Kier molecular flexibility index (Phi) is 2.66. The molecule has 2 aliphatic heterocycles. The number of sulfone groups is 1. The number of hydrogen-bond acceptors (Lipinski definition) is 5. The highest BCUT2D eigenvalue weighted by atomic mass is 32.2. The largest absolute Gasteiger partial charge is 0.379 e. The van der Waals surface area contributed by atoms with E-state index in [1.807, 2.05) is 0 Å². The molecule has 2 rings (SSSR count). The van der Waals surface area contributed by atoms with E-state index in [0.29, 0.717) is 25.5 Å². The summed E-state index contributed by atoms with van der Waals surface area (Å²) < 4.78 is 27.2. The van der Waals surface area contributed by atoms with Crippen LogP contribution in [0.2, 0.25) is 0 Å². The van der Waals surface area contributed by atoms with E-state index in [4.69, 9.17) is 4.74 Å². The Hall–Kier alpha value is -0.720. The van der Waals surface area contributed by atoms with Crippen molar-refractivity contribution in [3.8, 4) is 0 Å². The van der Waals surface area contributed by atoms with Crippen LogP contribution in [0.5, 0.6) is 0 Å². The third kappa shape index (κ3) is 2.40. The van der Waals surface area contributed by atoms with Crippen molar-refractivity contribution in [3.63, 3.8) is 0 Å². The normalized spacial score (nSPS) is 26.4. The van der Waals surface area contributed by atoms with E-state index in [-0.39, 0.29) is 0 Å². The van der Waals surface area contributed by atoms with Gasteiger partial charge in [-0.25, -0.2) is 13.4 Å². The minimum Gasteiger partial charge on any atom is -0.379 e. The van der Waals surface area contributed by atoms with Crippen molar-refractivity contribution in [2.24, 2.45) is 4.99 Å². The molecule has 0 aromatic carbocycles. The molecular formula is C8H12N2O3S. The molecule has 0 spiro atoms. The van der Waals surface area contributed by atoms with Crippen molar-refractivity contribution >= 4 is 15.4 Å². The first-order chi connectivity index (χ1) is 6.66. The summed E-state index contributed by atoms with van der Waals surface area (Å²) in [5.74, 6) is 0. The fourth-order valence-corrected chi connectivity index (χ4v) is 2.32. The quantitative estimate of drug-likeness (QED) is 0.631. The monoisotopic (exact) mass is 216 g/mol. The van der Waals surface area contributed by atoms with Gasteiger partial charge in [0.2, 0.25) is 9.84 Å². The van der Waals surface area contributed by atoms with Gasteiger partial charge >= 0.3 is 0 Å². The molecule has 2 aliphatic rings. The molecule has 6 heteroatoms. The Morgan fingerprint density at radius 1 is 1.43 bits per heavy atom. The summed E-state index contributed by atoms with van der Waals surface area (Å²) in [6, 6.07) is 0. The smallest absolute Gasteiger partial charge is 0.211 e. The molecule has 1 fully saturated rings. The van der Waals surface area contributed by atoms with Crippen LogP contribution in [0.1, 0.15) is 0 Å². The first-order valence-electron chi connectivity index (χ1n) is 4.45. The molecule has 1 saturated heterocycles. The summed E-state index contributed by atoms with van der Waals surface area (Å²) in [7, 11) is -3.16. The fourth-order valence-electron chi connectivity index (χ4n) is 1.46. The standard InChI is InChI=1S/C8H12N2O3S/c11-14(12)6-8(9-7-14)5-10-1-3-13-4-2-10/h6-7H,1-5H2.